The molecule has 8 N–H and O–H groups in total. The fourth-order valence-electron chi connectivity index (χ4n) is 5.31. The second-order valence-electron chi connectivity index (χ2n) is 12.5. The minimum atomic E-state index is -1.10. The predicted molar refractivity (Wildman–Crippen MR) is 178 cm³/mol. The Morgan fingerprint density at radius 2 is 1.04 bits per heavy atom. The summed E-state index contributed by atoms with van der Waals surface area (Å²) in [5, 5.41) is 82.6. The van der Waals surface area contributed by atoms with Crippen molar-refractivity contribution in [3.63, 3.8) is 0 Å². The highest BCUT2D eigenvalue weighted by Gasteiger charge is 2.26. The molecule has 0 amide bonds. The number of carbonyl (C=O) groups excluding carboxylic acids is 1. The molecular weight excluding hydrogens is 592 g/mol. The van der Waals surface area contributed by atoms with Crippen LogP contribution in [0.1, 0.15) is 78.6 Å². The SMILES string of the molecule is CCC(C)C1OC(=O)C=CC=CC=CC=CC=CCC(O)CC(O)CC(O)CC(O)CC(O)CC(O)CC(O)CC(O)C=CC1C. The maximum absolute atomic E-state index is 12.5. The maximum atomic E-state index is 12.5. The van der Waals surface area contributed by atoms with Crippen molar-refractivity contribution >= 4 is 5.97 Å². The van der Waals surface area contributed by atoms with E-state index in [2.05, 4.69) is 0 Å². The van der Waals surface area contributed by atoms with E-state index in [1.165, 1.54) is 12.2 Å². The number of hydrogen-bond acceptors (Lipinski definition) is 10. The zero-order valence-corrected chi connectivity index (χ0v) is 27.5. The van der Waals surface area contributed by atoms with Gasteiger partial charge in [-0.05, 0) is 50.9 Å². The molecule has 46 heavy (non-hydrogen) atoms. The first-order valence-electron chi connectivity index (χ1n) is 16.5. The number of ether oxygens (including phenoxy) is 1. The Labute approximate surface area is 274 Å². The topological polar surface area (TPSA) is 188 Å². The van der Waals surface area contributed by atoms with Gasteiger partial charge in [-0.15, -0.1) is 0 Å². The largest absolute Gasteiger partial charge is 0.458 e. The molecule has 10 heteroatoms. The van der Waals surface area contributed by atoms with Crippen LogP contribution >= 0.6 is 0 Å². The lowest BCUT2D eigenvalue weighted by molar-refractivity contribution is -0.147. The Balaban J connectivity index is 2.97. The van der Waals surface area contributed by atoms with Crippen molar-refractivity contribution in [3.8, 4) is 0 Å². The van der Waals surface area contributed by atoms with Crippen molar-refractivity contribution in [2.45, 2.75) is 133 Å². The Morgan fingerprint density at radius 1 is 0.630 bits per heavy atom. The second kappa shape index (κ2) is 23.8. The Hall–Kier alpha value is -2.41. The normalized spacial score (nSPS) is 35.2. The predicted octanol–water partition coefficient (Wildman–Crippen LogP) is 2.94. The van der Waals surface area contributed by atoms with Crippen LogP contribution in [0.15, 0.2) is 72.9 Å². The molecule has 0 aliphatic carbocycles. The summed E-state index contributed by atoms with van der Waals surface area (Å²) in [5.74, 6) is -0.648. The van der Waals surface area contributed by atoms with Crippen LogP contribution in [0.4, 0.5) is 0 Å². The lowest BCUT2D eigenvalue weighted by atomic mass is 9.90. The first kappa shape index (κ1) is 41.6. The van der Waals surface area contributed by atoms with Crippen LogP contribution in [0.5, 0.6) is 0 Å². The van der Waals surface area contributed by atoms with Crippen LogP contribution in [0.3, 0.4) is 0 Å². The molecule has 0 radical (unpaired) electrons. The van der Waals surface area contributed by atoms with Crippen molar-refractivity contribution in [2.75, 3.05) is 0 Å². The maximum Gasteiger partial charge on any atom is 0.331 e. The summed E-state index contributed by atoms with van der Waals surface area (Å²) in [6, 6.07) is 0. The molecule has 0 fully saturated rings. The number of carbonyl (C=O) groups is 1. The van der Waals surface area contributed by atoms with Crippen LogP contribution in [-0.2, 0) is 9.53 Å². The van der Waals surface area contributed by atoms with Crippen LogP contribution in [0.25, 0.3) is 0 Å². The molecule has 1 heterocycles. The first-order chi connectivity index (χ1) is 21.8. The van der Waals surface area contributed by atoms with Gasteiger partial charge in [0.15, 0.2) is 0 Å². The van der Waals surface area contributed by atoms with Gasteiger partial charge >= 0.3 is 5.97 Å². The van der Waals surface area contributed by atoms with Crippen molar-refractivity contribution in [2.24, 2.45) is 11.8 Å². The molecule has 0 aromatic rings. The number of aliphatic hydroxyl groups is 8. The van der Waals surface area contributed by atoms with Gasteiger partial charge in [-0.3, -0.25) is 0 Å². The van der Waals surface area contributed by atoms with E-state index in [1.807, 2.05) is 20.8 Å². The number of aliphatic hydroxyl groups excluding tert-OH is 8. The van der Waals surface area contributed by atoms with Gasteiger partial charge in [-0.1, -0.05) is 94.0 Å². The minimum absolute atomic E-state index is 0.0475. The summed E-state index contributed by atoms with van der Waals surface area (Å²) in [5.41, 5.74) is 0. The van der Waals surface area contributed by atoms with Crippen LogP contribution < -0.4 is 0 Å². The van der Waals surface area contributed by atoms with Gasteiger partial charge in [0, 0.05) is 18.4 Å². The van der Waals surface area contributed by atoms with Gasteiger partial charge in [0.2, 0.25) is 0 Å². The van der Waals surface area contributed by atoms with E-state index in [0.717, 1.165) is 6.42 Å². The third-order valence-corrected chi connectivity index (χ3v) is 7.94. The lowest BCUT2D eigenvalue weighted by Gasteiger charge is -2.27. The van der Waals surface area contributed by atoms with Crippen LogP contribution in [0, 0.1) is 11.8 Å². The van der Waals surface area contributed by atoms with Gasteiger partial charge in [0.1, 0.15) is 6.10 Å². The molecule has 0 aromatic heterocycles. The number of cyclic esters (lactones) is 1. The zero-order chi connectivity index (χ0) is 34.5. The van der Waals surface area contributed by atoms with Crippen molar-refractivity contribution in [1.82, 2.24) is 0 Å². The number of rotatable bonds is 2. The van der Waals surface area contributed by atoms with Gasteiger partial charge in [-0.25, -0.2) is 4.79 Å². The van der Waals surface area contributed by atoms with Gasteiger partial charge in [-0.2, -0.15) is 0 Å². The van der Waals surface area contributed by atoms with Gasteiger partial charge in [0.25, 0.3) is 0 Å². The van der Waals surface area contributed by atoms with Gasteiger partial charge in [0.05, 0.1) is 48.8 Å². The Bertz CT molecular complexity index is 1000. The lowest BCUT2D eigenvalue weighted by Crippen LogP contribution is -2.30. The molecule has 1 rings (SSSR count). The zero-order valence-electron chi connectivity index (χ0n) is 27.5. The average Bonchev–Trinajstić information content (AvgIpc) is 2.95. The monoisotopic (exact) mass is 650 g/mol. The number of allylic oxidation sites excluding steroid dienone is 8. The van der Waals surface area contributed by atoms with E-state index < -0.39 is 60.9 Å². The highest BCUT2D eigenvalue weighted by atomic mass is 16.5. The molecule has 10 nitrogen and oxygen atoms in total. The summed E-state index contributed by atoms with van der Waals surface area (Å²) >= 11 is 0. The van der Waals surface area contributed by atoms with Crippen molar-refractivity contribution < 1.29 is 50.4 Å². The van der Waals surface area contributed by atoms with Crippen molar-refractivity contribution in [3.05, 3.63) is 72.9 Å². The smallest absolute Gasteiger partial charge is 0.331 e. The van der Waals surface area contributed by atoms with E-state index in [4.69, 9.17) is 4.74 Å². The fourth-order valence-corrected chi connectivity index (χ4v) is 5.31. The molecule has 1 aliphatic heterocycles. The summed E-state index contributed by atoms with van der Waals surface area (Å²) in [6.45, 7) is 5.87. The molecular formula is C36H58O10. The van der Waals surface area contributed by atoms with E-state index in [0.29, 0.717) is 6.42 Å². The Kier molecular flexibility index (Phi) is 21.6. The quantitative estimate of drug-likeness (QED) is 0.163. The number of hydrogen-bond donors (Lipinski definition) is 8. The summed E-state index contributed by atoms with van der Waals surface area (Å²) < 4.78 is 5.73. The Morgan fingerprint density at radius 3 is 1.52 bits per heavy atom. The third-order valence-electron chi connectivity index (χ3n) is 7.94. The van der Waals surface area contributed by atoms with E-state index in [-0.39, 0.29) is 56.8 Å². The van der Waals surface area contributed by atoms with Crippen molar-refractivity contribution in [1.29, 1.82) is 0 Å². The molecule has 0 aromatic carbocycles. The summed E-state index contributed by atoms with van der Waals surface area (Å²) in [6.07, 6.45) is 12.3. The van der Waals surface area contributed by atoms with Gasteiger partial charge < -0.3 is 45.6 Å². The summed E-state index contributed by atoms with van der Waals surface area (Å²) in [7, 11) is 0. The van der Waals surface area contributed by atoms with Crippen LogP contribution in [0.2, 0.25) is 0 Å². The molecule has 262 valence electrons. The van der Waals surface area contributed by atoms with E-state index in [1.54, 1.807) is 60.8 Å². The first-order valence-corrected chi connectivity index (χ1v) is 16.5. The fraction of sp³-hybridized carbons (Fsp3) is 0.639. The summed E-state index contributed by atoms with van der Waals surface area (Å²) in [4.78, 5) is 12.5. The standard InChI is InChI=1S/C36H58O10/c1-4-25(2)36-26(3)16-17-28(38)19-30(40)21-32(42)23-34(44)24-33(43)22-31(41)20-29(39)18-27(37)14-12-10-8-6-5-7-9-11-13-15-35(45)46-36/h5-13,15-17,25-34,36-44H,4,14,18-24H2,1-3H3. The number of esters is 1. The molecule has 0 bridgehead atoms. The highest BCUT2D eigenvalue weighted by molar-refractivity contribution is 5.82. The second-order valence-corrected chi connectivity index (χ2v) is 12.5. The third kappa shape index (κ3) is 20.0. The average molecular weight is 651 g/mol. The molecule has 0 spiro atoms. The molecule has 1 aliphatic rings. The van der Waals surface area contributed by atoms with E-state index >= 15 is 0 Å². The minimum Gasteiger partial charge on any atom is -0.458 e. The molecule has 0 saturated carbocycles. The van der Waals surface area contributed by atoms with Crippen LogP contribution in [-0.4, -0.2) is 102 Å². The molecule has 11 unspecified atom stereocenters. The van der Waals surface area contributed by atoms with E-state index in [9.17, 15) is 45.6 Å². The molecule has 11 atom stereocenters. The molecule has 0 saturated heterocycles. The highest BCUT2D eigenvalue weighted by Crippen LogP contribution is 2.22.